The van der Waals surface area contributed by atoms with Gasteiger partial charge in [-0.1, -0.05) is 13.0 Å². The molecule has 1 aliphatic heterocycles. The third-order valence-corrected chi connectivity index (χ3v) is 6.84. The van der Waals surface area contributed by atoms with E-state index in [1.54, 1.807) is 30.3 Å². The number of hydrogen-bond donors (Lipinski definition) is 3. The highest BCUT2D eigenvalue weighted by Crippen LogP contribution is 2.61. The van der Waals surface area contributed by atoms with Crippen LogP contribution in [0.1, 0.15) is 66.1 Å². The number of rotatable bonds is 9. The van der Waals surface area contributed by atoms with Crippen LogP contribution in [0.25, 0.3) is 0 Å². The maximum atomic E-state index is 13.3. The quantitative estimate of drug-likeness (QED) is 0.506. The number of carbonyl (C=O) groups is 3. The van der Waals surface area contributed by atoms with E-state index in [9.17, 15) is 19.6 Å². The molecule has 2 aromatic rings. The maximum absolute atomic E-state index is 13.3. The first-order chi connectivity index (χ1) is 16.9. The lowest BCUT2D eigenvalue weighted by Crippen LogP contribution is -2.28. The van der Waals surface area contributed by atoms with Crippen LogP contribution in [0, 0.1) is 17.2 Å². The Bertz CT molecular complexity index is 1200. The van der Waals surface area contributed by atoms with Crippen molar-refractivity contribution >= 4 is 23.5 Å². The molecule has 1 unspecified atom stereocenters. The second-order valence-corrected chi connectivity index (χ2v) is 9.20. The predicted molar refractivity (Wildman–Crippen MR) is 129 cm³/mol. The number of hydrogen-bond acceptors (Lipinski definition) is 5. The highest BCUT2D eigenvalue weighted by molar-refractivity contribution is 5.98. The molecule has 1 heterocycles. The van der Waals surface area contributed by atoms with E-state index >= 15 is 0 Å². The van der Waals surface area contributed by atoms with Gasteiger partial charge in [0.1, 0.15) is 5.75 Å². The summed E-state index contributed by atoms with van der Waals surface area (Å²) in [7, 11) is 0. The maximum Gasteiger partial charge on any atom is 0.303 e. The van der Waals surface area contributed by atoms with Crippen LogP contribution in [0.2, 0.25) is 0 Å². The monoisotopic (exact) mass is 475 g/mol. The van der Waals surface area contributed by atoms with E-state index in [2.05, 4.69) is 16.7 Å². The zero-order valence-electron chi connectivity index (χ0n) is 19.7. The lowest BCUT2D eigenvalue weighted by atomic mass is 9.86. The molecular formula is C27H29N3O5. The molecular weight excluding hydrogens is 446 g/mol. The zero-order valence-corrected chi connectivity index (χ0v) is 19.7. The van der Waals surface area contributed by atoms with Gasteiger partial charge in [0, 0.05) is 41.1 Å². The molecule has 35 heavy (non-hydrogen) atoms. The summed E-state index contributed by atoms with van der Waals surface area (Å²) in [5.41, 5.74) is 2.83. The van der Waals surface area contributed by atoms with E-state index in [0.717, 1.165) is 17.5 Å². The first-order valence-electron chi connectivity index (χ1n) is 12.0. The molecule has 2 aliphatic rings. The number of carboxylic acid groups (broad SMARTS) is 1. The van der Waals surface area contributed by atoms with Crippen molar-refractivity contribution in [2.45, 2.75) is 50.9 Å². The van der Waals surface area contributed by atoms with E-state index in [1.165, 1.54) is 0 Å². The molecule has 0 radical (unpaired) electrons. The van der Waals surface area contributed by atoms with Gasteiger partial charge in [-0.25, -0.2) is 0 Å². The SMILES string of the molecule is CCCNC(=O)c1ccc2c(c1)C1(CCO2)C[C@H]1C(=O)Nc1cc(C#N)ccc1CCCC(=O)O. The van der Waals surface area contributed by atoms with Crippen LogP contribution in [-0.2, 0) is 21.4 Å². The standard InChI is InChI=1S/C27H29N3O5/c1-2-11-29-25(33)19-8-9-23-20(14-19)27(10-12-35-23)15-21(27)26(34)30-22-13-17(16-28)6-7-18(22)4-3-5-24(31)32/h6-9,13-14,21H,2-5,10-12,15H2,1H3,(H,29,33)(H,30,34)(H,31,32)/t21-,27?/m0/s1. The van der Waals surface area contributed by atoms with Crippen LogP contribution in [0.5, 0.6) is 5.75 Å². The van der Waals surface area contributed by atoms with Crippen LogP contribution in [0.3, 0.4) is 0 Å². The minimum Gasteiger partial charge on any atom is -0.493 e. The third-order valence-electron chi connectivity index (χ3n) is 6.84. The fourth-order valence-electron chi connectivity index (χ4n) is 4.86. The second-order valence-electron chi connectivity index (χ2n) is 9.20. The van der Waals surface area contributed by atoms with E-state index in [0.29, 0.717) is 61.4 Å². The summed E-state index contributed by atoms with van der Waals surface area (Å²) < 4.78 is 5.83. The Hall–Kier alpha value is -3.86. The number of nitriles is 1. The second kappa shape index (κ2) is 10.2. The van der Waals surface area contributed by atoms with Crippen molar-refractivity contribution in [1.29, 1.82) is 5.26 Å². The number of ether oxygens (including phenoxy) is 1. The molecule has 1 fully saturated rings. The number of fused-ring (bicyclic) bond motifs is 2. The van der Waals surface area contributed by atoms with Crippen molar-refractivity contribution in [2.75, 3.05) is 18.5 Å². The van der Waals surface area contributed by atoms with Gasteiger partial charge in [-0.2, -0.15) is 5.26 Å². The summed E-state index contributed by atoms with van der Waals surface area (Å²) in [4.78, 5) is 36.7. The molecule has 8 heteroatoms. The van der Waals surface area contributed by atoms with E-state index < -0.39 is 5.97 Å². The van der Waals surface area contributed by atoms with Crippen molar-refractivity contribution in [2.24, 2.45) is 5.92 Å². The molecule has 1 spiro atoms. The van der Waals surface area contributed by atoms with E-state index in [1.807, 2.05) is 13.0 Å². The fraction of sp³-hybridized carbons (Fsp3) is 0.407. The normalized spacial score (nSPS) is 19.7. The lowest BCUT2D eigenvalue weighted by molar-refractivity contribution is -0.137. The number of carbonyl (C=O) groups excluding carboxylic acids is 2. The smallest absolute Gasteiger partial charge is 0.303 e. The number of benzene rings is 2. The topological polar surface area (TPSA) is 129 Å². The summed E-state index contributed by atoms with van der Waals surface area (Å²) in [5, 5.41) is 24.1. The molecule has 8 nitrogen and oxygen atoms in total. The van der Waals surface area contributed by atoms with Gasteiger partial charge in [-0.05, 0) is 68.0 Å². The summed E-state index contributed by atoms with van der Waals surface area (Å²) in [6.07, 6.45) is 3.13. The first-order valence-corrected chi connectivity index (χ1v) is 12.0. The van der Waals surface area contributed by atoms with Gasteiger partial charge in [0.25, 0.3) is 5.91 Å². The highest BCUT2D eigenvalue weighted by Gasteiger charge is 2.61. The zero-order chi connectivity index (χ0) is 25.0. The van der Waals surface area contributed by atoms with E-state index in [4.69, 9.17) is 9.84 Å². The lowest BCUT2D eigenvalue weighted by Gasteiger charge is -2.27. The Kier molecular flexibility index (Phi) is 7.06. The molecule has 2 atom stereocenters. The molecule has 2 amide bonds. The molecule has 4 rings (SSSR count). The van der Waals surface area contributed by atoms with Crippen LogP contribution >= 0.6 is 0 Å². The number of carboxylic acids is 1. The number of nitrogens with zero attached hydrogens (tertiary/aromatic N) is 1. The van der Waals surface area contributed by atoms with E-state index in [-0.39, 0.29) is 29.6 Å². The Morgan fingerprint density at radius 1 is 1.23 bits per heavy atom. The molecule has 0 saturated heterocycles. The Morgan fingerprint density at radius 2 is 2.06 bits per heavy atom. The minimum absolute atomic E-state index is 0.0318. The summed E-state index contributed by atoms with van der Waals surface area (Å²) in [5.74, 6) is -0.731. The van der Waals surface area contributed by atoms with Gasteiger partial charge >= 0.3 is 5.97 Å². The first kappa shape index (κ1) is 24.3. The van der Waals surface area contributed by atoms with Crippen molar-refractivity contribution in [3.63, 3.8) is 0 Å². The molecule has 3 N–H and O–H groups in total. The third kappa shape index (κ3) is 5.14. The largest absolute Gasteiger partial charge is 0.493 e. The highest BCUT2D eigenvalue weighted by atomic mass is 16.5. The van der Waals surface area contributed by atoms with Crippen LogP contribution < -0.4 is 15.4 Å². The van der Waals surface area contributed by atoms with Gasteiger partial charge in [0.15, 0.2) is 0 Å². The predicted octanol–water partition coefficient (Wildman–Crippen LogP) is 3.78. The Morgan fingerprint density at radius 3 is 2.80 bits per heavy atom. The average molecular weight is 476 g/mol. The number of aryl methyl sites for hydroxylation is 1. The summed E-state index contributed by atoms with van der Waals surface area (Å²) >= 11 is 0. The van der Waals surface area contributed by atoms with Gasteiger partial charge in [0.2, 0.25) is 5.91 Å². The molecule has 0 bridgehead atoms. The summed E-state index contributed by atoms with van der Waals surface area (Å²) in [6, 6.07) is 12.6. The Labute approximate surface area is 204 Å². The van der Waals surface area contributed by atoms with Crippen molar-refractivity contribution in [3.8, 4) is 11.8 Å². The molecule has 2 aromatic carbocycles. The number of aliphatic carboxylic acids is 1. The minimum atomic E-state index is -0.870. The molecule has 1 aliphatic carbocycles. The molecule has 0 aromatic heterocycles. The van der Waals surface area contributed by atoms with Crippen LogP contribution in [0.15, 0.2) is 36.4 Å². The van der Waals surface area contributed by atoms with Crippen molar-refractivity contribution in [3.05, 3.63) is 58.7 Å². The van der Waals surface area contributed by atoms with Crippen molar-refractivity contribution in [1.82, 2.24) is 5.32 Å². The van der Waals surface area contributed by atoms with Gasteiger partial charge < -0.3 is 20.5 Å². The average Bonchev–Trinajstić information content (AvgIpc) is 3.57. The van der Waals surface area contributed by atoms with Crippen LogP contribution in [0.4, 0.5) is 5.69 Å². The number of nitrogens with one attached hydrogen (secondary N) is 2. The van der Waals surface area contributed by atoms with Gasteiger partial charge in [-0.15, -0.1) is 0 Å². The summed E-state index contributed by atoms with van der Waals surface area (Å²) in [6.45, 7) is 3.09. The number of amides is 2. The Balaban J connectivity index is 1.54. The van der Waals surface area contributed by atoms with Gasteiger partial charge in [-0.3, -0.25) is 14.4 Å². The van der Waals surface area contributed by atoms with Crippen LogP contribution in [-0.4, -0.2) is 36.0 Å². The molecule has 1 saturated carbocycles. The van der Waals surface area contributed by atoms with Gasteiger partial charge in [0.05, 0.1) is 18.2 Å². The van der Waals surface area contributed by atoms with Crippen molar-refractivity contribution < 1.29 is 24.2 Å². The number of anilines is 1. The molecule has 182 valence electrons. The fourth-order valence-corrected chi connectivity index (χ4v) is 4.86.